The Kier molecular flexibility index (Phi) is 3.64. The lowest BCUT2D eigenvalue weighted by atomic mass is 10.2. The van der Waals surface area contributed by atoms with E-state index in [1.54, 1.807) is 0 Å². The second-order valence-electron chi connectivity index (χ2n) is 4.83. The minimum atomic E-state index is -0.278. The predicted octanol–water partition coefficient (Wildman–Crippen LogP) is 1.46. The van der Waals surface area contributed by atoms with E-state index in [1.807, 2.05) is 6.07 Å². The van der Waals surface area contributed by atoms with Crippen molar-refractivity contribution in [3.8, 4) is 0 Å². The van der Waals surface area contributed by atoms with Gasteiger partial charge in [0.05, 0.1) is 6.61 Å². The van der Waals surface area contributed by atoms with Gasteiger partial charge in [-0.25, -0.2) is 4.39 Å². The van der Waals surface area contributed by atoms with Crippen LogP contribution in [0.3, 0.4) is 0 Å². The highest BCUT2D eigenvalue weighted by Gasteiger charge is 2.24. The number of benzene rings is 1. The molecule has 1 unspecified atom stereocenters. The van der Waals surface area contributed by atoms with Gasteiger partial charge in [0.25, 0.3) is 0 Å². The number of halogens is 1. The van der Waals surface area contributed by atoms with Gasteiger partial charge in [-0.05, 0) is 44.3 Å². The fourth-order valence-corrected chi connectivity index (χ4v) is 2.31. The molecule has 1 N–H and O–H groups in total. The van der Waals surface area contributed by atoms with E-state index in [2.05, 4.69) is 23.9 Å². The molecule has 0 aliphatic carbocycles. The Labute approximate surface area is 101 Å². The average Bonchev–Trinajstić information content (AvgIpc) is 2.77. The number of anilines is 1. The largest absolute Gasteiger partial charge is 0.392 e. The van der Waals surface area contributed by atoms with Gasteiger partial charge in [0, 0.05) is 24.8 Å². The van der Waals surface area contributed by atoms with Crippen LogP contribution < -0.4 is 4.90 Å². The summed E-state index contributed by atoms with van der Waals surface area (Å²) in [6.45, 7) is 1.74. The van der Waals surface area contributed by atoms with Crippen molar-refractivity contribution in [3.63, 3.8) is 0 Å². The molecule has 1 aliphatic rings. The molecule has 0 bridgehead atoms. The maximum atomic E-state index is 13.4. The van der Waals surface area contributed by atoms with Gasteiger partial charge in [-0.15, -0.1) is 0 Å². The van der Waals surface area contributed by atoms with Crippen molar-refractivity contribution in [2.75, 3.05) is 32.1 Å². The van der Waals surface area contributed by atoms with Crippen LogP contribution in [0.25, 0.3) is 0 Å². The summed E-state index contributed by atoms with van der Waals surface area (Å²) in [7, 11) is 4.14. The van der Waals surface area contributed by atoms with Gasteiger partial charge < -0.3 is 14.9 Å². The third-order valence-electron chi connectivity index (χ3n) is 3.38. The molecule has 1 heterocycles. The number of hydrogen-bond donors (Lipinski definition) is 1. The second kappa shape index (κ2) is 5.02. The zero-order chi connectivity index (χ0) is 12.4. The van der Waals surface area contributed by atoms with Gasteiger partial charge in [0.15, 0.2) is 0 Å². The molecule has 0 saturated carbocycles. The molecule has 2 rings (SSSR count). The van der Waals surface area contributed by atoms with Crippen molar-refractivity contribution in [2.24, 2.45) is 0 Å². The number of nitrogens with zero attached hydrogens (tertiary/aromatic N) is 2. The molecule has 1 atom stereocenters. The molecule has 17 heavy (non-hydrogen) atoms. The van der Waals surface area contributed by atoms with Gasteiger partial charge >= 0.3 is 0 Å². The van der Waals surface area contributed by atoms with E-state index in [9.17, 15) is 4.39 Å². The molecule has 94 valence electrons. The summed E-state index contributed by atoms with van der Waals surface area (Å²) in [6.07, 6.45) is 1.10. The quantitative estimate of drug-likeness (QED) is 0.863. The van der Waals surface area contributed by atoms with Crippen molar-refractivity contribution in [2.45, 2.75) is 19.1 Å². The third-order valence-corrected chi connectivity index (χ3v) is 3.38. The first kappa shape index (κ1) is 12.3. The summed E-state index contributed by atoms with van der Waals surface area (Å²) in [6, 6.07) is 5.30. The summed E-state index contributed by atoms with van der Waals surface area (Å²) in [4.78, 5) is 4.37. The minimum absolute atomic E-state index is 0.115. The van der Waals surface area contributed by atoms with Crippen LogP contribution in [-0.2, 0) is 6.61 Å². The van der Waals surface area contributed by atoms with E-state index in [4.69, 9.17) is 5.11 Å². The van der Waals surface area contributed by atoms with Crippen molar-refractivity contribution >= 4 is 5.69 Å². The summed E-state index contributed by atoms with van der Waals surface area (Å²) in [5, 5.41) is 9.08. The number of rotatable bonds is 3. The molecule has 1 aliphatic heterocycles. The zero-order valence-corrected chi connectivity index (χ0v) is 10.4. The van der Waals surface area contributed by atoms with Gasteiger partial charge in [0.1, 0.15) is 5.82 Å². The van der Waals surface area contributed by atoms with Crippen LogP contribution in [-0.4, -0.2) is 43.2 Å². The second-order valence-corrected chi connectivity index (χ2v) is 4.83. The molecule has 1 saturated heterocycles. The Morgan fingerprint density at radius 3 is 2.76 bits per heavy atom. The molecule has 4 heteroatoms. The highest BCUT2D eigenvalue weighted by atomic mass is 19.1. The maximum absolute atomic E-state index is 13.4. The van der Waals surface area contributed by atoms with E-state index in [-0.39, 0.29) is 12.4 Å². The third kappa shape index (κ3) is 2.76. The van der Waals surface area contributed by atoms with E-state index >= 15 is 0 Å². The monoisotopic (exact) mass is 238 g/mol. The molecule has 3 nitrogen and oxygen atoms in total. The van der Waals surface area contributed by atoms with Gasteiger partial charge in [-0.3, -0.25) is 0 Å². The summed E-state index contributed by atoms with van der Waals surface area (Å²) in [5.41, 5.74) is 1.51. The first-order valence-corrected chi connectivity index (χ1v) is 5.92. The fourth-order valence-electron chi connectivity index (χ4n) is 2.31. The van der Waals surface area contributed by atoms with Crippen molar-refractivity contribution in [1.29, 1.82) is 0 Å². The van der Waals surface area contributed by atoms with Crippen LogP contribution in [0, 0.1) is 5.82 Å². The van der Waals surface area contributed by atoms with E-state index in [0.717, 1.165) is 25.2 Å². The normalized spacial score (nSPS) is 20.3. The predicted molar refractivity (Wildman–Crippen MR) is 66.6 cm³/mol. The summed E-state index contributed by atoms with van der Waals surface area (Å²) in [5.74, 6) is -0.278. The topological polar surface area (TPSA) is 26.7 Å². The maximum Gasteiger partial charge on any atom is 0.125 e. The van der Waals surface area contributed by atoms with E-state index in [1.165, 1.54) is 12.1 Å². The lowest BCUT2D eigenvalue weighted by molar-refractivity contribution is 0.281. The van der Waals surface area contributed by atoms with Crippen LogP contribution in [0.15, 0.2) is 18.2 Å². The Hall–Kier alpha value is -1.13. The van der Waals surface area contributed by atoms with E-state index in [0.29, 0.717) is 11.6 Å². The number of hydrogen-bond acceptors (Lipinski definition) is 3. The SMILES string of the molecule is CN(C)C1CCN(c2cc(F)cc(CO)c2)C1. The average molecular weight is 238 g/mol. The highest BCUT2D eigenvalue weighted by Crippen LogP contribution is 2.24. The molecule has 1 aromatic carbocycles. The van der Waals surface area contributed by atoms with Crippen molar-refractivity contribution in [1.82, 2.24) is 4.90 Å². The molecule has 0 amide bonds. The van der Waals surface area contributed by atoms with E-state index < -0.39 is 0 Å². The first-order valence-electron chi connectivity index (χ1n) is 5.92. The van der Waals surface area contributed by atoms with Gasteiger partial charge in [-0.2, -0.15) is 0 Å². The standard InChI is InChI=1S/C13H19FN2O/c1-15(2)12-3-4-16(8-12)13-6-10(9-17)5-11(14)7-13/h5-7,12,17H,3-4,8-9H2,1-2H3. The minimum Gasteiger partial charge on any atom is -0.392 e. The fraction of sp³-hybridized carbons (Fsp3) is 0.538. The van der Waals surface area contributed by atoms with Crippen LogP contribution in [0.4, 0.5) is 10.1 Å². The lowest BCUT2D eigenvalue weighted by Gasteiger charge is -2.22. The Morgan fingerprint density at radius 1 is 1.41 bits per heavy atom. The highest BCUT2D eigenvalue weighted by molar-refractivity contribution is 5.50. The van der Waals surface area contributed by atoms with Gasteiger partial charge in [0.2, 0.25) is 0 Å². The molecule has 0 radical (unpaired) electrons. The number of aliphatic hydroxyl groups excluding tert-OH is 1. The summed E-state index contributed by atoms with van der Waals surface area (Å²) >= 11 is 0. The molecule has 1 fully saturated rings. The van der Waals surface area contributed by atoms with Crippen LogP contribution >= 0.6 is 0 Å². The summed E-state index contributed by atoms with van der Waals surface area (Å²) < 4.78 is 13.4. The molecule has 0 spiro atoms. The zero-order valence-electron chi connectivity index (χ0n) is 10.4. The molecular formula is C13H19FN2O. The Morgan fingerprint density at radius 2 is 2.18 bits per heavy atom. The Balaban J connectivity index is 2.15. The number of likely N-dealkylation sites (N-methyl/N-ethyl adjacent to an activating group) is 1. The molecular weight excluding hydrogens is 219 g/mol. The molecule has 1 aromatic rings. The lowest BCUT2D eigenvalue weighted by Crippen LogP contribution is -2.31. The van der Waals surface area contributed by atoms with Crippen LogP contribution in [0.1, 0.15) is 12.0 Å². The van der Waals surface area contributed by atoms with Crippen LogP contribution in [0.2, 0.25) is 0 Å². The van der Waals surface area contributed by atoms with Crippen molar-refractivity contribution in [3.05, 3.63) is 29.6 Å². The Bertz CT molecular complexity index is 395. The van der Waals surface area contributed by atoms with Gasteiger partial charge in [-0.1, -0.05) is 0 Å². The molecule has 0 aromatic heterocycles. The van der Waals surface area contributed by atoms with Crippen molar-refractivity contribution < 1.29 is 9.50 Å². The first-order chi connectivity index (χ1) is 8.10. The smallest absolute Gasteiger partial charge is 0.125 e. The van der Waals surface area contributed by atoms with Crippen LogP contribution in [0.5, 0.6) is 0 Å². The number of aliphatic hydroxyl groups is 1.